The van der Waals surface area contributed by atoms with Gasteiger partial charge in [0.05, 0.1) is 14.2 Å². The first-order chi connectivity index (χ1) is 6.19. The normalized spacial score (nSPS) is 11.4. The van der Waals surface area contributed by atoms with Gasteiger partial charge in [-0.2, -0.15) is 0 Å². The van der Waals surface area contributed by atoms with E-state index in [1.807, 2.05) is 0 Å². The Balaban J connectivity index is 0.00000169. The van der Waals surface area contributed by atoms with Gasteiger partial charge in [-0.3, -0.25) is 4.21 Å². The third-order valence-corrected chi connectivity index (χ3v) is 2.19. The third kappa shape index (κ3) is 3.61. The second kappa shape index (κ2) is 6.94. The molecule has 0 aromatic heterocycles. The zero-order valence-corrected chi connectivity index (χ0v) is 12.2. The minimum Gasteiger partial charge on any atom is -0.768 e. The fourth-order valence-corrected chi connectivity index (χ4v) is 1.30. The zero-order valence-electron chi connectivity index (χ0n) is 8.27. The summed E-state index contributed by atoms with van der Waals surface area (Å²) in [6.07, 6.45) is 0. The molecule has 1 atom stereocenters. The number of benzene rings is 1. The largest absolute Gasteiger partial charge is 1.00 e. The van der Waals surface area contributed by atoms with Crippen LogP contribution in [0.15, 0.2) is 23.1 Å². The van der Waals surface area contributed by atoms with Crippen molar-refractivity contribution in [3.8, 4) is 11.5 Å². The van der Waals surface area contributed by atoms with E-state index in [4.69, 9.17) is 9.47 Å². The van der Waals surface area contributed by atoms with Gasteiger partial charge in [0, 0.05) is 4.90 Å². The zero-order chi connectivity index (χ0) is 9.84. The van der Waals surface area contributed by atoms with Crippen molar-refractivity contribution in [1.29, 1.82) is 0 Å². The maximum Gasteiger partial charge on any atom is 1.00 e. The summed E-state index contributed by atoms with van der Waals surface area (Å²) in [5, 5.41) is 0. The van der Waals surface area contributed by atoms with E-state index in [1.54, 1.807) is 6.07 Å². The summed E-state index contributed by atoms with van der Waals surface area (Å²) in [6, 6.07) is 4.40. The van der Waals surface area contributed by atoms with Gasteiger partial charge in [0.15, 0.2) is 11.5 Å². The van der Waals surface area contributed by atoms with Gasteiger partial charge in [-0.1, -0.05) is 0 Å². The molecule has 1 aromatic rings. The summed E-state index contributed by atoms with van der Waals surface area (Å²) >= 11 is -2.24. The molecular formula is C8H9KO4S. The van der Waals surface area contributed by atoms with Crippen LogP contribution in [0.1, 0.15) is 0 Å². The van der Waals surface area contributed by atoms with Gasteiger partial charge in [0.2, 0.25) is 0 Å². The smallest absolute Gasteiger partial charge is 0.768 e. The van der Waals surface area contributed by atoms with E-state index in [2.05, 4.69) is 0 Å². The van der Waals surface area contributed by atoms with E-state index < -0.39 is 11.1 Å². The Morgan fingerprint density at radius 3 is 2.21 bits per heavy atom. The molecule has 4 nitrogen and oxygen atoms in total. The van der Waals surface area contributed by atoms with Crippen molar-refractivity contribution in [3.63, 3.8) is 0 Å². The van der Waals surface area contributed by atoms with E-state index in [0.29, 0.717) is 11.5 Å². The molecule has 0 N–H and O–H groups in total. The minimum atomic E-state index is -2.24. The molecule has 0 spiro atoms. The van der Waals surface area contributed by atoms with Crippen LogP contribution in [-0.4, -0.2) is 23.0 Å². The summed E-state index contributed by atoms with van der Waals surface area (Å²) in [6.45, 7) is 0. The molecule has 0 saturated heterocycles. The molecule has 0 radical (unpaired) electrons. The first-order valence-corrected chi connectivity index (χ1v) is 4.58. The van der Waals surface area contributed by atoms with Crippen molar-refractivity contribution in [2.24, 2.45) is 0 Å². The van der Waals surface area contributed by atoms with E-state index in [9.17, 15) is 8.76 Å². The van der Waals surface area contributed by atoms with Gasteiger partial charge in [-0.15, -0.1) is 0 Å². The Bertz CT molecular complexity index is 329. The van der Waals surface area contributed by atoms with Crippen LogP contribution in [-0.2, 0) is 11.1 Å². The fourth-order valence-electron chi connectivity index (χ4n) is 0.920. The number of rotatable bonds is 3. The van der Waals surface area contributed by atoms with Crippen molar-refractivity contribution < 1.29 is 69.6 Å². The number of ether oxygens (including phenoxy) is 2. The van der Waals surface area contributed by atoms with E-state index in [1.165, 1.54) is 26.4 Å². The Morgan fingerprint density at radius 2 is 1.79 bits per heavy atom. The second-order valence-corrected chi connectivity index (χ2v) is 3.19. The van der Waals surface area contributed by atoms with Crippen LogP contribution in [0, 0.1) is 0 Å². The summed E-state index contributed by atoms with van der Waals surface area (Å²) in [4.78, 5) is 0.178. The first-order valence-electron chi connectivity index (χ1n) is 3.50. The molecule has 0 bridgehead atoms. The monoisotopic (exact) mass is 240 g/mol. The Labute approximate surface area is 128 Å². The van der Waals surface area contributed by atoms with Crippen LogP contribution in [0.5, 0.6) is 11.5 Å². The van der Waals surface area contributed by atoms with Crippen molar-refractivity contribution in [1.82, 2.24) is 0 Å². The molecule has 0 aliphatic carbocycles. The molecule has 1 unspecified atom stereocenters. The summed E-state index contributed by atoms with van der Waals surface area (Å²) in [5.74, 6) is 0.918. The predicted molar refractivity (Wildman–Crippen MR) is 46.7 cm³/mol. The van der Waals surface area contributed by atoms with Crippen molar-refractivity contribution in [3.05, 3.63) is 18.2 Å². The molecule has 0 fully saturated rings. The number of methoxy groups -OCH3 is 2. The Hall–Kier alpha value is 0.566. The van der Waals surface area contributed by atoms with Crippen LogP contribution in [0.3, 0.4) is 0 Å². The molecule has 0 aliphatic heterocycles. The molecule has 72 valence electrons. The predicted octanol–water partition coefficient (Wildman–Crippen LogP) is -2.05. The topological polar surface area (TPSA) is 58.6 Å². The number of hydrogen-bond donors (Lipinski definition) is 0. The van der Waals surface area contributed by atoms with Crippen LogP contribution in [0.4, 0.5) is 0 Å². The second-order valence-electron chi connectivity index (χ2n) is 2.25. The van der Waals surface area contributed by atoms with E-state index in [-0.39, 0.29) is 56.3 Å². The first kappa shape index (κ1) is 14.6. The van der Waals surface area contributed by atoms with Crippen molar-refractivity contribution in [2.45, 2.75) is 4.90 Å². The minimum absolute atomic E-state index is 0. The maximum absolute atomic E-state index is 10.6. The van der Waals surface area contributed by atoms with Crippen LogP contribution in [0.25, 0.3) is 0 Å². The third-order valence-electron chi connectivity index (χ3n) is 1.55. The number of hydrogen-bond acceptors (Lipinski definition) is 4. The van der Waals surface area contributed by atoms with Crippen molar-refractivity contribution in [2.75, 3.05) is 14.2 Å². The fraction of sp³-hybridized carbons (Fsp3) is 0.250. The van der Waals surface area contributed by atoms with Gasteiger partial charge in [-0.25, -0.2) is 0 Å². The molecule has 6 heteroatoms. The summed E-state index contributed by atoms with van der Waals surface area (Å²) < 4.78 is 31.0. The average Bonchev–Trinajstić information content (AvgIpc) is 2.16. The van der Waals surface area contributed by atoms with E-state index in [0.717, 1.165) is 0 Å². The summed E-state index contributed by atoms with van der Waals surface area (Å²) in [7, 11) is 2.95. The molecule has 0 amide bonds. The SMILES string of the molecule is COc1ccc(S(=O)[O-])cc1OC.[K+]. The van der Waals surface area contributed by atoms with Crippen molar-refractivity contribution >= 4 is 11.1 Å². The van der Waals surface area contributed by atoms with Crippen LogP contribution in [0.2, 0.25) is 0 Å². The molecule has 0 saturated carbocycles. The molecule has 1 rings (SSSR count). The standard InChI is InChI=1S/C8H10O4S.K/c1-11-7-4-3-6(13(9)10)5-8(7)12-2;/h3-5H,1-2H3,(H,9,10);/q;+1/p-1. The van der Waals surface area contributed by atoms with Crippen LogP contribution < -0.4 is 60.9 Å². The molecular weight excluding hydrogens is 231 g/mol. The molecule has 0 aliphatic rings. The van der Waals surface area contributed by atoms with E-state index >= 15 is 0 Å². The molecule has 0 heterocycles. The Morgan fingerprint density at radius 1 is 1.21 bits per heavy atom. The molecule has 1 aromatic carbocycles. The van der Waals surface area contributed by atoms with Gasteiger partial charge in [0.25, 0.3) is 0 Å². The van der Waals surface area contributed by atoms with Gasteiger partial charge in [0.1, 0.15) is 0 Å². The van der Waals surface area contributed by atoms with Crippen LogP contribution >= 0.6 is 0 Å². The maximum atomic E-state index is 10.6. The Kier molecular flexibility index (Phi) is 7.22. The molecule has 14 heavy (non-hydrogen) atoms. The summed E-state index contributed by atoms with van der Waals surface area (Å²) in [5.41, 5.74) is 0. The van der Waals surface area contributed by atoms with Gasteiger partial charge in [-0.05, 0) is 29.3 Å². The quantitative estimate of drug-likeness (QED) is 0.450. The van der Waals surface area contributed by atoms with Gasteiger partial charge >= 0.3 is 51.4 Å². The van der Waals surface area contributed by atoms with Gasteiger partial charge < -0.3 is 14.0 Å². The average molecular weight is 240 g/mol.